The smallest absolute Gasteiger partial charge is 0.260 e. The number of carbonyl (C=O) groups excluding carboxylic acids is 1. The van der Waals surface area contributed by atoms with Crippen molar-refractivity contribution in [2.45, 2.75) is 6.92 Å². The number of fused-ring (bicyclic) bond motifs is 1. The number of aryl methyl sites for hydroxylation is 1. The lowest BCUT2D eigenvalue weighted by molar-refractivity contribution is 0.101. The van der Waals surface area contributed by atoms with Crippen LogP contribution in [0.25, 0.3) is 0 Å². The first-order valence-corrected chi connectivity index (χ1v) is 3.06. The average molecular weight is 134 g/mol. The number of hydrogen-bond donors (Lipinski definition) is 1. The molecule has 0 aromatic carbocycles. The summed E-state index contributed by atoms with van der Waals surface area (Å²) in [6.07, 6.45) is 0. The Morgan fingerprint density at radius 1 is 1.50 bits per heavy atom. The maximum atomic E-state index is 10.7. The van der Waals surface area contributed by atoms with Crippen LogP contribution in [0, 0.1) is 6.92 Å². The first kappa shape index (κ1) is 5.41. The number of anilines is 1. The molecule has 0 saturated heterocycles. The Labute approximate surface area is 58.1 Å². The van der Waals surface area contributed by atoms with E-state index in [0.717, 1.165) is 5.69 Å². The normalized spacial score (nSPS) is 13.5. The van der Waals surface area contributed by atoms with Crippen LogP contribution in [0.15, 0.2) is 12.1 Å². The van der Waals surface area contributed by atoms with Crippen molar-refractivity contribution in [2.24, 2.45) is 0 Å². The van der Waals surface area contributed by atoms with Gasteiger partial charge in [-0.15, -0.1) is 0 Å². The van der Waals surface area contributed by atoms with Gasteiger partial charge in [0.25, 0.3) is 5.91 Å². The molecule has 1 aliphatic rings. The predicted molar refractivity (Wildman–Crippen MR) is 36.9 cm³/mol. The van der Waals surface area contributed by atoms with Gasteiger partial charge in [-0.25, -0.2) is 4.98 Å². The number of rotatable bonds is 0. The number of amides is 1. The van der Waals surface area contributed by atoms with Gasteiger partial charge in [-0.05, 0) is 19.1 Å². The molecule has 10 heavy (non-hydrogen) atoms. The zero-order valence-electron chi connectivity index (χ0n) is 5.51. The van der Waals surface area contributed by atoms with Gasteiger partial charge in [0.2, 0.25) is 0 Å². The molecule has 1 N–H and O–H groups in total. The fraction of sp³-hybridized carbons (Fsp3) is 0.143. The lowest BCUT2D eigenvalue weighted by Crippen LogP contribution is -2.26. The fourth-order valence-electron chi connectivity index (χ4n) is 0.948. The number of nitrogens with one attached hydrogen (secondary N) is 1. The summed E-state index contributed by atoms with van der Waals surface area (Å²) in [5.74, 6) is 0.688. The highest BCUT2D eigenvalue weighted by atomic mass is 16.2. The molecular formula is C7H6N2O. The average Bonchev–Trinajstić information content (AvgIpc) is 1.86. The van der Waals surface area contributed by atoms with E-state index in [4.69, 9.17) is 0 Å². The zero-order valence-corrected chi connectivity index (χ0v) is 5.51. The number of hydrogen-bond acceptors (Lipinski definition) is 2. The van der Waals surface area contributed by atoms with Gasteiger partial charge in [0.05, 0.1) is 5.56 Å². The fourth-order valence-corrected chi connectivity index (χ4v) is 0.948. The van der Waals surface area contributed by atoms with E-state index in [0.29, 0.717) is 11.4 Å². The van der Waals surface area contributed by atoms with E-state index < -0.39 is 0 Å². The summed E-state index contributed by atoms with van der Waals surface area (Å²) in [7, 11) is 0. The van der Waals surface area contributed by atoms with Crippen molar-refractivity contribution in [1.29, 1.82) is 0 Å². The third-order valence-electron chi connectivity index (χ3n) is 1.51. The molecule has 0 unspecified atom stereocenters. The van der Waals surface area contributed by atoms with Crippen molar-refractivity contribution in [1.82, 2.24) is 4.98 Å². The van der Waals surface area contributed by atoms with Crippen molar-refractivity contribution in [3.8, 4) is 0 Å². The van der Waals surface area contributed by atoms with E-state index in [-0.39, 0.29) is 5.91 Å². The monoisotopic (exact) mass is 134 g/mol. The first-order valence-electron chi connectivity index (χ1n) is 3.06. The minimum absolute atomic E-state index is 0.0255. The Morgan fingerprint density at radius 3 is 2.90 bits per heavy atom. The number of carbonyl (C=O) groups is 1. The minimum Gasteiger partial charge on any atom is -0.306 e. The molecule has 3 heteroatoms. The van der Waals surface area contributed by atoms with Gasteiger partial charge in [-0.2, -0.15) is 0 Å². The molecule has 0 aliphatic carbocycles. The third-order valence-corrected chi connectivity index (χ3v) is 1.51. The number of pyridine rings is 1. The van der Waals surface area contributed by atoms with Gasteiger partial charge in [0.1, 0.15) is 5.82 Å². The first-order chi connectivity index (χ1) is 4.77. The van der Waals surface area contributed by atoms with Gasteiger partial charge in [-0.1, -0.05) is 0 Å². The third kappa shape index (κ3) is 0.543. The van der Waals surface area contributed by atoms with Crippen LogP contribution in [0.1, 0.15) is 16.1 Å². The Hall–Kier alpha value is -1.38. The molecule has 0 radical (unpaired) electrons. The summed E-state index contributed by atoms with van der Waals surface area (Å²) in [5, 5.41) is 2.58. The van der Waals surface area contributed by atoms with Gasteiger partial charge in [0.15, 0.2) is 0 Å². The molecule has 2 heterocycles. The number of nitrogens with zero attached hydrogens (tertiary/aromatic N) is 1. The topological polar surface area (TPSA) is 42.0 Å². The molecule has 0 bridgehead atoms. The quantitative estimate of drug-likeness (QED) is 0.574. The van der Waals surface area contributed by atoms with Gasteiger partial charge in [-0.3, -0.25) is 4.79 Å². The second kappa shape index (κ2) is 1.56. The molecule has 1 aromatic rings. The predicted octanol–water partition coefficient (Wildman–Crippen LogP) is 0.956. The van der Waals surface area contributed by atoms with Crippen LogP contribution in [0.4, 0.5) is 5.82 Å². The molecule has 50 valence electrons. The van der Waals surface area contributed by atoms with E-state index in [2.05, 4.69) is 10.3 Å². The van der Waals surface area contributed by atoms with E-state index in [1.807, 2.05) is 13.0 Å². The van der Waals surface area contributed by atoms with Crippen LogP contribution in [-0.2, 0) is 0 Å². The second-order valence-electron chi connectivity index (χ2n) is 2.30. The Bertz CT molecular complexity index is 306. The van der Waals surface area contributed by atoms with Crippen molar-refractivity contribution in [2.75, 3.05) is 5.32 Å². The highest BCUT2D eigenvalue weighted by Crippen LogP contribution is 2.22. The molecule has 0 atom stereocenters. The summed E-state index contributed by atoms with van der Waals surface area (Å²) in [5.41, 5.74) is 1.63. The highest BCUT2D eigenvalue weighted by Gasteiger charge is 2.22. The molecular weight excluding hydrogens is 128 g/mol. The molecule has 1 amide bonds. The molecule has 2 rings (SSSR count). The van der Waals surface area contributed by atoms with Crippen molar-refractivity contribution >= 4 is 11.7 Å². The summed E-state index contributed by atoms with van der Waals surface area (Å²) in [6, 6.07) is 3.62. The molecule has 3 nitrogen and oxygen atoms in total. The Morgan fingerprint density at radius 2 is 2.30 bits per heavy atom. The van der Waals surface area contributed by atoms with Gasteiger partial charge < -0.3 is 5.32 Å². The molecule has 0 spiro atoms. The van der Waals surface area contributed by atoms with E-state index in [9.17, 15) is 4.79 Å². The summed E-state index contributed by atoms with van der Waals surface area (Å²) in [4.78, 5) is 14.8. The van der Waals surface area contributed by atoms with E-state index >= 15 is 0 Å². The highest BCUT2D eigenvalue weighted by molar-refractivity contribution is 6.16. The lowest BCUT2D eigenvalue weighted by atomic mass is 10.1. The lowest BCUT2D eigenvalue weighted by Gasteiger charge is -2.17. The maximum Gasteiger partial charge on any atom is 0.260 e. The Kier molecular flexibility index (Phi) is 0.845. The van der Waals surface area contributed by atoms with Crippen molar-refractivity contribution < 1.29 is 4.79 Å². The summed E-state index contributed by atoms with van der Waals surface area (Å²) < 4.78 is 0. The zero-order chi connectivity index (χ0) is 7.14. The molecule has 0 saturated carbocycles. The van der Waals surface area contributed by atoms with Crippen LogP contribution >= 0.6 is 0 Å². The maximum absolute atomic E-state index is 10.7. The van der Waals surface area contributed by atoms with Gasteiger partial charge >= 0.3 is 0 Å². The summed E-state index contributed by atoms with van der Waals surface area (Å²) in [6.45, 7) is 1.89. The molecule has 1 aliphatic heterocycles. The number of aromatic nitrogens is 1. The van der Waals surface area contributed by atoms with Crippen LogP contribution in [0.3, 0.4) is 0 Å². The van der Waals surface area contributed by atoms with Crippen LogP contribution in [0.5, 0.6) is 0 Å². The summed E-state index contributed by atoms with van der Waals surface area (Å²) >= 11 is 0. The van der Waals surface area contributed by atoms with Crippen LogP contribution in [-0.4, -0.2) is 10.9 Å². The minimum atomic E-state index is -0.0255. The van der Waals surface area contributed by atoms with Crippen molar-refractivity contribution in [3.05, 3.63) is 23.4 Å². The SMILES string of the molecule is Cc1ccc2c(n1)NC2=O. The standard InChI is InChI=1S/C7H6N2O/c1-4-2-3-5-6(8-4)9-7(5)10/h2-3H,1H3,(H,8,9,10). The molecule has 1 aromatic heterocycles. The van der Waals surface area contributed by atoms with Crippen LogP contribution in [0.2, 0.25) is 0 Å². The van der Waals surface area contributed by atoms with Crippen LogP contribution < -0.4 is 5.32 Å². The second-order valence-corrected chi connectivity index (χ2v) is 2.30. The van der Waals surface area contributed by atoms with Crippen molar-refractivity contribution in [3.63, 3.8) is 0 Å². The molecule has 0 fully saturated rings. The largest absolute Gasteiger partial charge is 0.306 e. The van der Waals surface area contributed by atoms with E-state index in [1.165, 1.54) is 0 Å². The van der Waals surface area contributed by atoms with Gasteiger partial charge in [0, 0.05) is 5.69 Å². The Balaban J connectivity index is 2.59. The van der Waals surface area contributed by atoms with E-state index in [1.54, 1.807) is 6.07 Å².